The van der Waals surface area contributed by atoms with Gasteiger partial charge in [-0.1, -0.05) is 237 Å². The van der Waals surface area contributed by atoms with Crippen LogP contribution in [0.4, 0.5) is 11.4 Å². The standard InChI is InChI=1S/C69H47NO/c1-4-16-46(17-5-1)47-28-35-54(36-29-47)70(56-39-40-57(49-18-6-2-7-19-49)61(45-56)50-20-8-3-9-21-50)55-37-30-48(31-38-55)53-34-41-64-62(44-53)60-26-14-15-27-63(60)69(64)65-42-32-51-22-10-12-24-58(51)67(65)71-68-59-25-13-11-23-52(59)33-43-66(68)69/h1-37,39-45,55H,38H2. The minimum Gasteiger partial charge on any atom is -0.455 e. The Bertz CT molecular complexity index is 3840. The maximum Gasteiger partial charge on any atom is 0.140 e. The Morgan fingerprint density at radius 1 is 0.366 bits per heavy atom. The second kappa shape index (κ2) is 16.6. The van der Waals surface area contributed by atoms with Gasteiger partial charge in [-0.05, 0) is 114 Å². The van der Waals surface area contributed by atoms with Crippen molar-refractivity contribution in [2.45, 2.75) is 17.9 Å². The highest BCUT2D eigenvalue weighted by Crippen LogP contribution is 2.64. The Labute approximate surface area is 414 Å². The summed E-state index contributed by atoms with van der Waals surface area (Å²) in [6.07, 6.45) is 8.05. The number of ether oxygens (including phenoxy) is 1. The van der Waals surface area contributed by atoms with E-state index in [2.05, 4.69) is 272 Å². The Hall–Kier alpha value is -8.98. The zero-order valence-corrected chi connectivity index (χ0v) is 39.0. The fourth-order valence-corrected chi connectivity index (χ4v) is 12.0. The lowest BCUT2D eigenvalue weighted by molar-refractivity contribution is 0.447. The topological polar surface area (TPSA) is 12.5 Å². The molecule has 0 saturated carbocycles. The first kappa shape index (κ1) is 41.0. The second-order valence-corrected chi connectivity index (χ2v) is 19.1. The number of nitrogens with zero attached hydrogens (tertiary/aromatic N) is 1. The lowest BCUT2D eigenvalue weighted by Gasteiger charge is -2.40. The molecule has 1 spiro atoms. The van der Waals surface area contributed by atoms with Crippen LogP contribution in [0.3, 0.4) is 0 Å². The Morgan fingerprint density at radius 2 is 0.887 bits per heavy atom. The van der Waals surface area contributed by atoms with Gasteiger partial charge in [0.25, 0.3) is 0 Å². The first-order chi connectivity index (χ1) is 35.2. The van der Waals surface area contributed by atoms with Crippen molar-refractivity contribution in [3.8, 4) is 56.0 Å². The second-order valence-electron chi connectivity index (χ2n) is 19.1. The van der Waals surface area contributed by atoms with E-state index in [-0.39, 0.29) is 6.04 Å². The van der Waals surface area contributed by atoms with Crippen LogP contribution < -0.4 is 9.64 Å². The van der Waals surface area contributed by atoms with Crippen molar-refractivity contribution in [2.75, 3.05) is 4.90 Å². The van der Waals surface area contributed by atoms with Gasteiger partial charge in [-0.2, -0.15) is 0 Å². The molecule has 0 N–H and O–H groups in total. The Morgan fingerprint density at radius 3 is 1.54 bits per heavy atom. The molecule has 11 aromatic rings. The van der Waals surface area contributed by atoms with Crippen LogP contribution in [0.5, 0.6) is 11.5 Å². The van der Waals surface area contributed by atoms with Gasteiger partial charge in [-0.15, -0.1) is 0 Å². The summed E-state index contributed by atoms with van der Waals surface area (Å²) in [6.45, 7) is 0. The van der Waals surface area contributed by atoms with Crippen molar-refractivity contribution in [2.24, 2.45) is 0 Å². The molecule has 3 aliphatic rings. The molecule has 1 heterocycles. The van der Waals surface area contributed by atoms with Crippen LogP contribution in [0.15, 0.2) is 267 Å². The molecule has 0 bridgehead atoms. The molecule has 2 aliphatic carbocycles. The predicted molar refractivity (Wildman–Crippen MR) is 296 cm³/mol. The lowest BCUT2D eigenvalue weighted by Crippen LogP contribution is -2.32. The third-order valence-electron chi connectivity index (χ3n) is 15.3. The van der Waals surface area contributed by atoms with Gasteiger partial charge in [-0.25, -0.2) is 0 Å². The van der Waals surface area contributed by atoms with Crippen molar-refractivity contribution < 1.29 is 4.74 Å². The highest BCUT2D eigenvalue weighted by Gasteiger charge is 2.52. The highest BCUT2D eigenvalue weighted by atomic mass is 16.5. The fraction of sp³-hybridized carbons (Fsp3) is 0.0435. The molecule has 2 nitrogen and oxygen atoms in total. The first-order valence-electron chi connectivity index (χ1n) is 24.8. The van der Waals surface area contributed by atoms with Crippen LogP contribution in [0.25, 0.3) is 71.6 Å². The van der Waals surface area contributed by atoms with Crippen LogP contribution in [0.1, 0.15) is 34.2 Å². The number of fused-ring (bicyclic) bond motifs is 13. The molecule has 0 amide bonds. The largest absolute Gasteiger partial charge is 0.455 e. The van der Waals surface area contributed by atoms with Gasteiger partial charge in [0.15, 0.2) is 0 Å². The zero-order chi connectivity index (χ0) is 46.9. The van der Waals surface area contributed by atoms with E-state index in [1.165, 1.54) is 88.7 Å². The average molecular weight is 906 g/mol. The molecule has 1 unspecified atom stereocenters. The van der Waals surface area contributed by atoms with E-state index in [0.717, 1.165) is 40.1 Å². The Kier molecular flexibility index (Phi) is 9.60. The Balaban J connectivity index is 0.881. The summed E-state index contributed by atoms with van der Waals surface area (Å²) in [7, 11) is 0. The molecular weight excluding hydrogens is 859 g/mol. The van der Waals surface area contributed by atoms with Crippen molar-refractivity contribution >= 4 is 38.5 Å². The van der Waals surface area contributed by atoms with Gasteiger partial charge in [0.2, 0.25) is 0 Å². The van der Waals surface area contributed by atoms with Crippen LogP contribution >= 0.6 is 0 Å². The molecule has 11 aromatic carbocycles. The number of allylic oxidation sites excluding steroid dienone is 2. The SMILES string of the molecule is C1=CC(N(c2ccc(-c3ccccc3)cc2)c2ccc(-c3ccccc3)c(-c3ccccc3)c2)CC=C1c1ccc2c(c1)-c1ccccc1C21c2ccc3ccccc3c2Oc2c1ccc1ccccc21. The fourth-order valence-electron chi connectivity index (χ4n) is 12.0. The van der Waals surface area contributed by atoms with Crippen LogP contribution in [0, 0.1) is 0 Å². The molecular formula is C69H47NO. The van der Waals surface area contributed by atoms with Crippen LogP contribution in [0.2, 0.25) is 0 Å². The summed E-state index contributed by atoms with van der Waals surface area (Å²) in [5.74, 6) is 1.88. The third kappa shape index (κ3) is 6.56. The normalized spacial score (nSPS) is 14.8. The van der Waals surface area contributed by atoms with Gasteiger partial charge < -0.3 is 9.64 Å². The van der Waals surface area contributed by atoms with Gasteiger partial charge in [-0.3, -0.25) is 0 Å². The van der Waals surface area contributed by atoms with Crippen LogP contribution in [-0.2, 0) is 5.41 Å². The van der Waals surface area contributed by atoms with Crippen LogP contribution in [-0.4, -0.2) is 6.04 Å². The van der Waals surface area contributed by atoms with Crippen molar-refractivity contribution in [3.63, 3.8) is 0 Å². The zero-order valence-electron chi connectivity index (χ0n) is 39.0. The number of hydrogen-bond donors (Lipinski definition) is 0. The minimum atomic E-state index is -0.575. The summed E-state index contributed by atoms with van der Waals surface area (Å²) in [5.41, 5.74) is 18.9. The smallest absolute Gasteiger partial charge is 0.140 e. The van der Waals surface area contributed by atoms with E-state index in [1.807, 2.05) is 0 Å². The quantitative estimate of drug-likeness (QED) is 0.158. The van der Waals surface area contributed by atoms with E-state index >= 15 is 0 Å². The molecule has 1 atom stereocenters. The predicted octanol–water partition coefficient (Wildman–Crippen LogP) is 18.0. The van der Waals surface area contributed by atoms with E-state index < -0.39 is 5.41 Å². The summed E-state index contributed by atoms with van der Waals surface area (Å²) in [4.78, 5) is 2.52. The molecule has 14 rings (SSSR count). The van der Waals surface area contributed by atoms with Crippen molar-refractivity contribution in [3.05, 3.63) is 295 Å². The summed E-state index contributed by atoms with van der Waals surface area (Å²) in [5, 5.41) is 4.60. The third-order valence-corrected chi connectivity index (χ3v) is 15.3. The van der Waals surface area contributed by atoms with E-state index in [9.17, 15) is 0 Å². The first-order valence-corrected chi connectivity index (χ1v) is 24.8. The maximum atomic E-state index is 7.19. The van der Waals surface area contributed by atoms with E-state index in [1.54, 1.807) is 0 Å². The molecule has 1 aliphatic heterocycles. The summed E-state index contributed by atoms with van der Waals surface area (Å²) in [6, 6.07) is 91.1. The van der Waals surface area contributed by atoms with Crippen molar-refractivity contribution in [1.82, 2.24) is 0 Å². The number of hydrogen-bond acceptors (Lipinski definition) is 2. The van der Waals surface area contributed by atoms with Gasteiger partial charge >= 0.3 is 0 Å². The van der Waals surface area contributed by atoms with E-state index in [4.69, 9.17) is 4.74 Å². The molecule has 0 radical (unpaired) electrons. The highest BCUT2D eigenvalue weighted by molar-refractivity contribution is 6.00. The van der Waals surface area contributed by atoms with Gasteiger partial charge in [0, 0.05) is 33.3 Å². The van der Waals surface area contributed by atoms with E-state index in [0.29, 0.717) is 0 Å². The average Bonchev–Trinajstić information content (AvgIpc) is 3.74. The van der Waals surface area contributed by atoms with Crippen molar-refractivity contribution in [1.29, 1.82) is 0 Å². The monoisotopic (exact) mass is 905 g/mol. The number of anilines is 2. The lowest BCUT2D eigenvalue weighted by atomic mass is 9.65. The minimum absolute atomic E-state index is 0.0748. The number of rotatable bonds is 7. The van der Waals surface area contributed by atoms with Gasteiger partial charge in [0.05, 0.1) is 11.5 Å². The molecule has 71 heavy (non-hydrogen) atoms. The molecule has 0 fully saturated rings. The molecule has 0 saturated heterocycles. The molecule has 2 heteroatoms. The summed E-state index contributed by atoms with van der Waals surface area (Å²) < 4.78 is 7.19. The summed E-state index contributed by atoms with van der Waals surface area (Å²) >= 11 is 0. The van der Waals surface area contributed by atoms with Gasteiger partial charge in [0.1, 0.15) is 11.5 Å². The number of benzene rings is 11. The maximum absolute atomic E-state index is 7.19. The molecule has 334 valence electrons. The molecule has 0 aromatic heterocycles.